The molecule has 0 heterocycles. The van der Waals surface area contributed by atoms with Crippen LogP contribution in [0, 0.1) is 0 Å². The average molecular weight is 285 g/mol. The molecule has 0 aliphatic rings. The SMILES string of the molecule is CCC(CC)N(CCO)C(CN)c1ccccc1Cl. The third-order valence-electron chi connectivity index (χ3n) is 3.66. The van der Waals surface area contributed by atoms with Crippen molar-refractivity contribution < 1.29 is 5.11 Å². The predicted molar refractivity (Wildman–Crippen MR) is 81.4 cm³/mol. The first-order valence-corrected chi connectivity index (χ1v) is 7.38. The van der Waals surface area contributed by atoms with E-state index in [0.717, 1.165) is 23.4 Å². The van der Waals surface area contributed by atoms with Crippen LogP contribution in [0.25, 0.3) is 0 Å². The highest BCUT2D eigenvalue weighted by Crippen LogP contribution is 2.29. The van der Waals surface area contributed by atoms with Gasteiger partial charge in [-0.05, 0) is 24.5 Å². The average Bonchev–Trinajstić information content (AvgIpc) is 2.43. The van der Waals surface area contributed by atoms with Crippen LogP contribution in [0.5, 0.6) is 0 Å². The summed E-state index contributed by atoms with van der Waals surface area (Å²) in [5.74, 6) is 0. The first-order chi connectivity index (χ1) is 9.19. The summed E-state index contributed by atoms with van der Waals surface area (Å²) in [5, 5.41) is 10.1. The Kier molecular flexibility index (Phi) is 7.39. The number of hydrogen-bond acceptors (Lipinski definition) is 3. The van der Waals surface area contributed by atoms with E-state index < -0.39 is 0 Å². The molecule has 3 nitrogen and oxygen atoms in total. The van der Waals surface area contributed by atoms with Gasteiger partial charge in [-0.3, -0.25) is 4.90 Å². The van der Waals surface area contributed by atoms with E-state index in [-0.39, 0.29) is 12.6 Å². The molecule has 0 amide bonds. The van der Waals surface area contributed by atoms with Crippen LogP contribution >= 0.6 is 11.6 Å². The summed E-state index contributed by atoms with van der Waals surface area (Å²) >= 11 is 6.29. The molecule has 1 aromatic rings. The third-order valence-corrected chi connectivity index (χ3v) is 4.00. The largest absolute Gasteiger partial charge is 0.395 e. The highest BCUT2D eigenvalue weighted by Gasteiger charge is 2.25. The molecule has 0 radical (unpaired) electrons. The van der Waals surface area contributed by atoms with E-state index in [1.807, 2.05) is 24.3 Å². The number of hydrogen-bond donors (Lipinski definition) is 2. The fourth-order valence-electron chi connectivity index (χ4n) is 2.65. The van der Waals surface area contributed by atoms with Gasteiger partial charge in [-0.1, -0.05) is 43.6 Å². The van der Waals surface area contributed by atoms with E-state index in [1.54, 1.807) is 0 Å². The number of benzene rings is 1. The first-order valence-electron chi connectivity index (χ1n) is 7.00. The molecule has 1 unspecified atom stereocenters. The van der Waals surface area contributed by atoms with E-state index in [2.05, 4.69) is 18.7 Å². The molecular weight excluding hydrogens is 260 g/mol. The van der Waals surface area contributed by atoms with Gasteiger partial charge in [-0.2, -0.15) is 0 Å². The minimum atomic E-state index is 0.0609. The second kappa shape index (κ2) is 8.54. The summed E-state index contributed by atoms with van der Waals surface area (Å²) in [6, 6.07) is 8.29. The molecule has 19 heavy (non-hydrogen) atoms. The molecular formula is C15H25ClN2O. The molecule has 0 aliphatic carbocycles. The summed E-state index contributed by atoms with van der Waals surface area (Å²) in [5.41, 5.74) is 7.02. The second-order valence-electron chi connectivity index (χ2n) is 4.70. The molecule has 0 saturated heterocycles. The maximum Gasteiger partial charge on any atom is 0.0558 e. The van der Waals surface area contributed by atoms with Crippen molar-refractivity contribution >= 4 is 11.6 Å². The van der Waals surface area contributed by atoms with Crippen molar-refractivity contribution in [1.29, 1.82) is 0 Å². The Hall–Kier alpha value is -0.610. The van der Waals surface area contributed by atoms with E-state index in [1.165, 1.54) is 0 Å². The summed E-state index contributed by atoms with van der Waals surface area (Å²) < 4.78 is 0. The lowest BCUT2D eigenvalue weighted by atomic mass is 10.0. The van der Waals surface area contributed by atoms with Gasteiger partial charge < -0.3 is 10.8 Å². The molecule has 0 spiro atoms. The van der Waals surface area contributed by atoms with Crippen molar-refractivity contribution in [1.82, 2.24) is 4.90 Å². The van der Waals surface area contributed by atoms with E-state index >= 15 is 0 Å². The Labute approximate surface area is 121 Å². The molecule has 1 atom stereocenters. The van der Waals surface area contributed by atoms with Crippen molar-refractivity contribution in [2.75, 3.05) is 19.7 Å². The number of nitrogens with two attached hydrogens (primary N) is 1. The zero-order chi connectivity index (χ0) is 14.3. The van der Waals surface area contributed by atoms with Crippen molar-refractivity contribution in [3.8, 4) is 0 Å². The Balaban J connectivity index is 3.06. The minimum absolute atomic E-state index is 0.0609. The molecule has 0 aromatic heterocycles. The highest BCUT2D eigenvalue weighted by atomic mass is 35.5. The van der Waals surface area contributed by atoms with Gasteiger partial charge in [0.25, 0.3) is 0 Å². The molecule has 0 aliphatic heterocycles. The molecule has 3 N–H and O–H groups in total. The third kappa shape index (κ3) is 4.18. The number of aliphatic hydroxyl groups excluding tert-OH is 1. The summed E-state index contributed by atoms with van der Waals surface area (Å²) in [7, 11) is 0. The van der Waals surface area contributed by atoms with Gasteiger partial charge in [0, 0.05) is 30.2 Å². The molecule has 4 heteroatoms. The number of nitrogens with zero attached hydrogens (tertiary/aromatic N) is 1. The first kappa shape index (κ1) is 16.4. The fourth-order valence-corrected chi connectivity index (χ4v) is 2.91. The number of rotatable bonds is 8. The van der Waals surface area contributed by atoms with Gasteiger partial charge in [0.05, 0.1) is 6.61 Å². The van der Waals surface area contributed by atoms with Crippen LogP contribution in [0.2, 0.25) is 5.02 Å². The van der Waals surface area contributed by atoms with Crippen molar-refractivity contribution in [3.05, 3.63) is 34.9 Å². The quantitative estimate of drug-likeness (QED) is 0.772. The minimum Gasteiger partial charge on any atom is -0.395 e. The van der Waals surface area contributed by atoms with Crippen LogP contribution in [-0.2, 0) is 0 Å². The normalized spacial score (nSPS) is 13.2. The molecule has 1 rings (SSSR count). The summed E-state index contributed by atoms with van der Waals surface area (Å²) in [6.45, 7) is 5.59. The molecule has 0 fully saturated rings. The highest BCUT2D eigenvalue weighted by molar-refractivity contribution is 6.31. The lowest BCUT2D eigenvalue weighted by Crippen LogP contribution is -2.42. The van der Waals surface area contributed by atoms with Crippen LogP contribution in [0.1, 0.15) is 38.3 Å². The standard InChI is InChI=1S/C15H25ClN2O/c1-3-12(4-2)18(9-10-19)15(11-17)13-7-5-6-8-14(13)16/h5-8,12,15,19H,3-4,9-11,17H2,1-2H3. The van der Waals surface area contributed by atoms with Gasteiger partial charge in [0.2, 0.25) is 0 Å². The molecule has 0 bridgehead atoms. The smallest absolute Gasteiger partial charge is 0.0558 e. The maximum atomic E-state index is 9.32. The lowest BCUT2D eigenvalue weighted by molar-refractivity contribution is 0.0995. The monoisotopic (exact) mass is 284 g/mol. The van der Waals surface area contributed by atoms with Crippen molar-refractivity contribution in [3.63, 3.8) is 0 Å². The Morgan fingerprint density at radius 3 is 2.37 bits per heavy atom. The van der Waals surface area contributed by atoms with Crippen LogP contribution in [-0.4, -0.2) is 35.7 Å². The predicted octanol–water partition coefficient (Wildman–Crippen LogP) is 2.82. The topological polar surface area (TPSA) is 49.5 Å². The Morgan fingerprint density at radius 1 is 1.26 bits per heavy atom. The zero-order valence-corrected chi connectivity index (χ0v) is 12.6. The molecule has 0 saturated carbocycles. The fraction of sp³-hybridized carbons (Fsp3) is 0.600. The summed E-state index contributed by atoms with van der Waals surface area (Å²) in [4.78, 5) is 2.28. The Morgan fingerprint density at radius 2 is 1.89 bits per heavy atom. The Bertz CT molecular complexity index is 369. The number of halogens is 1. The lowest BCUT2D eigenvalue weighted by Gasteiger charge is -2.37. The maximum absolute atomic E-state index is 9.32. The molecule has 108 valence electrons. The van der Waals surface area contributed by atoms with Gasteiger partial charge >= 0.3 is 0 Å². The van der Waals surface area contributed by atoms with Crippen molar-refractivity contribution in [2.24, 2.45) is 5.73 Å². The van der Waals surface area contributed by atoms with Crippen LogP contribution in [0.4, 0.5) is 0 Å². The van der Waals surface area contributed by atoms with Crippen LogP contribution in [0.3, 0.4) is 0 Å². The second-order valence-corrected chi connectivity index (χ2v) is 5.11. The van der Waals surface area contributed by atoms with Crippen molar-refractivity contribution in [2.45, 2.75) is 38.8 Å². The van der Waals surface area contributed by atoms with Crippen LogP contribution in [0.15, 0.2) is 24.3 Å². The molecule has 1 aromatic carbocycles. The van der Waals surface area contributed by atoms with Gasteiger partial charge in [-0.25, -0.2) is 0 Å². The summed E-state index contributed by atoms with van der Waals surface area (Å²) in [6.07, 6.45) is 2.08. The van der Waals surface area contributed by atoms with E-state index in [4.69, 9.17) is 17.3 Å². The van der Waals surface area contributed by atoms with Gasteiger partial charge in [0.15, 0.2) is 0 Å². The van der Waals surface area contributed by atoms with E-state index in [0.29, 0.717) is 19.1 Å². The zero-order valence-electron chi connectivity index (χ0n) is 11.8. The van der Waals surface area contributed by atoms with E-state index in [9.17, 15) is 5.11 Å². The van der Waals surface area contributed by atoms with Crippen LogP contribution < -0.4 is 5.73 Å². The van der Waals surface area contributed by atoms with Gasteiger partial charge in [-0.15, -0.1) is 0 Å². The number of aliphatic hydroxyl groups is 1. The van der Waals surface area contributed by atoms with Gasteiger partial charge in [0.1, 0.15) is 0 Å².